The first-order valence-corrected chi connectivity index (χ1v) is 7.71. The summed E-state index contributed by atoms with van der Waals surface area (Å²) in [5.41, 5.74) is 0. The molecule has 1 aromatic carbocycles. The minimum absolute atomic E-state index is 0.543. The zero-order chi connectivity index (χ0) is 12.1. The summed E-state index contributed by atoms with van der Waals surface area (Å²) in [6.45, 7) is 1.83. The van der Waals surface area contributed by atoms with Crippen molar-refractivity contribution in [1.29, 1.82) is 0 Å². The molecule has 1 aromatic rings. The van der Waals surface area contributed by atoms with Gasteiger partial charge in [-0.1, -0.05) is 22.0 Å². The maximum atomic E-state index is 5.45. The molecule has 1 aliphatic heterocycles. The van der Waals surface area contributed by atoms with E-state index >= 15 is 0 Å². The molecule has 0 aromatic heterocycles. The Labute approximate surface area is 116 Å². The molecule has 1 heterocycles. The second-order valence-corrected chi connectivity index (χ2v) is 6.30. The van der Waals surface area contributed by atoms with Gasteiger partial charge >= 0.3 is 0 Å². The smallest absolute Gasteiger partial charge is 0.0510 e. The van der Waals surface area contributed by atoms with Crippen LogP contribution in [0.2, 0.25) is 0 Å². The van der Waals surface area contributed by atoms with Crippen LogP contribution in [-0.4, -0.2) is 32.1 Å². The predicted molar refractivity (Wildman–Crippen MR) is 76.6 cm³/mol. The van der Waals surface area contributed by atoms with Gasteiger partial charge in [-0.15, -0.1) is 11.8 Å². The first-order chi connectivity index (χ1) is 8.29. The third-order valence-corrected chi connectivity index (χ3v) is 4.74. The van der Waals surface area contributed by atoms with Crippen LogP contribution in [0.15, 0.2) is 33.6 Å². The molecule has 2 atom stereocenters. The molecule has 1 fully saturated rings. The number of halogens is 1. The number of hydrogen-bond donors (Lipinski definition) is 1. The fourth-order valence-electron chi connectivity index (χ4n) is 2.07. The van der Waals surface area contributed by atoms with Gasteiger partial charge in [0.25, 0.3) is 0 Å². The maximum Gasteiger partial charge on any atom is 0.0510 e. The SMILES string of the molecule is CNC(CSc1cccc(Br)c1)C1CCOC1. The van der Waals surface area contributed by atoms with Crippen molar-refractivity contribution in [2.45, 2.75) is 17.4 Å². The fourth-order valence-corrected chi connectivity index (χ4v) is 3.81. The van der Waals surface area contributed by atoms with E-state index in [9.17, 15) is 0 Å². The summed E-state index contributed by atoms with van der Waals surface area (Å²) in [6, 6.07) is 9.01. The molecular formula is C13H18BrNOS. The van der Waals surface area contributed by atoms with Crippen molar-refractivity contribution >= 4 is 27.7 Å². The van der Waals surface area contributed by atoms with Crippen LogP contribution >= 0.6 is 27.7 Å². The third kappa shape index (κ3) is 3.98. The fraction of sp³-hybridized carbons (Fsp3) is 0.538. The lowest BCUT2D eigenvalue weighted by Crippen LogP contribution is -2.36. The molecule has 2 rings (SSSR count). The summed E-state index contributed by atoms with van der Waals surface area (Å²) < 4.78 is 6.60. The average molecular weight is 316 g/mol. The van der Waals surface area contributed by atoms with Crippen LogP contribution in [-0.2, 0) is 4.74 Å². The van der Waals surface area contributed by atoms with E-state index in [2.05, 4.69) is 45.5 Å². The Balaban J connectivity index is 1.87. The zero-order valence-electron chi connectivity index (χ0n) is 9.99. The highest BCUT2D eigenvalue weighted by molar-refractivity contribution is 9.10. The van der Waals surface area contributed by atoms with Crippen molar-refractivity contribution in [2.75, 3.05) is 26.0 Å². The van der Waals surface area contributed by atoms with Crippen LogP contribution in [0.5, 0.6) is 0 Å². The monoisotopic (exact) mass is 315 g/mol. The summed E-state index contributed by atoms with van der Waals surface area (Å²) in [7, 11) is 2.05. The quantitative estimate of drug-likeness (QED) is 0.843. The Morgan fingerprint density at radius 1 is 1.59 bits per heavy atom. The standard InChI is InChI=1S/C13H18BrNOS/c1-15-13(10-5-6-16-8-10)9-17-12-4-2-3-11(14)7-12/h2-4,7,10,13,15H,5-6,8-9H2,1H3. The Morgan fingerprint density at radius 3 is 3.12 bits per heavy atom. The van der Waals surface area contributed by atoms with Gasteiger partial charge in [0.05, 0.1) is 6.61 Å². The Hall–Kier alpha value is -0.0300. The topological polar surface area (TPSA) is 21.3 Å². The number of rotatable bonds is 5. The van der Waals surface area contributed by atoms with Crippen molar-refractivity contribution in [2.24, 2.45) is 5.92 Å². The minimum Gasteiger partial charge on any atom is -0.381 e. The van der Waals surface area contributed by atoms with Gasteiger partial charge in [0.1, 0.15) is 0 Å². The molecule has 4 heteroatoms. The summed E-state index contributed by atoms with van der Waals surface area (Å²) >= 11 is 5.41. The van der Waals surface area contributed by atoms with Gasteiger partial charge in [-0.25, -0.2) is 0 Å². The molecule has 1 N–H and O–H groups in total. The van der Waals surface area contributed by atoms with Crippen LogP contribution in [0, 0.1) is 5.92 Å². The van der Waals surface area contributed by atoms with Gasteiger partial charge in [-0.2, -0.15) is 0 Å². The van der Waals surface area contributed by atoms with E-state index in [0.29, 0.717) is 12.0 Å². The van der Waals surface area contributed by atoms with Crippen molar-refractivity contribution in [3.63, 3.8) is 0 Å². The van der Waals surface area contributed by atoms with E-state index in [1.54, 1.807) is 0 Å². The zero-order valence-corrected chi connectivity index (χ0v) is 12.4. The minimum atomic E-state index is 0.543. The number of ether oxygens (including phenoxy) is 1. The second-order valence-electron chi connectivity index (χ2n) is 4.29. The third-order valence-electron chi connectivity index (χ3n) is 3.13. The van der Waals surface area contributed by atoms with Crippen molar-refractivity contribution < 1.29 is 4.74 Å². The second kappa shape index (κ2) is 6.78. The van der Waals surface area contributed by atoms with Crippen molar-refractivity contribution in [1.82, 2.24) is 5.32 Å². The predicted octanol–water partition coefficient (Wildman–Crippen LogP) is 3.17. The van der Waals surface area contributed by atoms with Crippen LogP contribution in [0.4, 0.5) is 0 Å². The number of hydrogen-bond acceptors (Lipinski definition) is 3. The van der Waals surface area contributed by atoms with Crippen LogP contribution in [0.1, 0.15) is 6.42 Å². The van der Waals surface area contributed by atoms with Gasteiger partial charge in [-0.3, -0.25) is 0 Å². The van der Waals surface area contributed by atoms with E-state index < -0.39 is 0 Å². The lowest BCUT2D eigenvalue weighted by atomic mass is 10.0. The largest absolute Gasteiger partial charge is 0.381 e. The van der Waals surface area contributed by atoms with Crippen molar-refractivity contribution in [3.8, 4) is 0 Å². The Kier molecular flexibility index (Phi) is 5.35. The molecule has 0 amide bonds. The van der Waals surface area contributed by atoms with Gasteiger partial charge in [0, 0.05) is 33.7 Å². The molecule has 1 saturated heterocycles. The molecule has 0 saturated carbocycles. The summed E-state index contributed by atoms with van der Waals surface area (Å²) in [5, 5.41) is 3.42. The van der Waals surface area contributed by atoms with Crippen molar-refractivity contribution in [3.05, 3.63) is 28.7 Å². The molecule has 0 bridgehead atoms. The lowest BCUT2D eigenvalue weighted by Gasteiger charge is -2.21. The molecule has 1 aliphatic rings. The number of benzene rings is 1. The summed E-state index contributed by atoms with van der Waals surface area (Å²) in [4.78, 5) is 1.32. The lowest BCUT2D eigenvalue weighted by molar-refractivity contribution is 0.180. The normalized spacial score (nSPS) is 21.6. The molecule has 94 valence electrons. The van der Waals surface area contributed by atoms with Crippen LogP contribution in [0.3, 0.4) is 0 Å². The van der Waals surface area contributed by atoms with Gasteiger partial charge in [-0.05, 0) is 31.7 Å². The van der Waals surface area contributed by atoms with E-state index in [0.717, 1.165) is 23.4 Å². The summed E-state index contributed by atoms with van der Waals surface area (Å²) in [5.74, 6) is 1.76. The van der Waals surface area contributed by atoms with Crippen LogP contribution < -0.4 is 5.32 Å². The molecule has 2 nitrogen and oxygen atoms in total. The molecule has 0 aliphatic carbocycles. The van der Waals surface area contributed by atoms with Gasteiger partial charge < -0.3 is 10.1 Å². The highest BCUT2D eigenvalue weighted by Crippen LogP contribution is 2.26. The molecule has 17 heavy (non-hydrogen) atoms. The maximum absolute atomic E-state index is 5.45. The van der Waals surface area contributed by atoms with E-state index in [-0.39, 0.29) is 0 Å². The van der Waals surface area contributed by atoms with E-state index in [4.69, 9.17) is 4.74 Å². The Bertz CT molecular complexity index is 355. The molecule has 0 spiro atoms. The highest BCUT2D eigenvalue weighted by atomic mass is 79.9. The van der Waals surface area contributed by atoms with E-state index in [1.807, 2.05) is 18.8 Å². The van der Waals surface area contributed by atoms with Crippen LogP contribution in [0.25, 0.3) is 0 Å². The average Bonchev–Trinajstić information content (AvgIpc) is 2.84. The first-order valence-electron chi connectivity index (χ1n) is 5.93. The van der Waals surface area contributed by atoms with Gasteiger partial charge in [0.2, 0.25) is 0 Å². The van der Waals surface area contributed by atoms with Gasteiger partial charge in [0.15, 0.2) is 0 Å². The van der Waals surface area contributed by atoms with E-state index in [1.165, 1.54) is 11.3 Å². The Morgan fingerprint density at radius 2 is 2.47 bits per heavy atom. The highest BCUT2D eigenvalue weighted by Gasteiger charge is 2.24. The summed E-state index contributed by atoms with van der Waals surface area (Å²) in [6.07, 6.45) is 1.19. The first kappa shape index (κ1) is 13.4. The molecule has 0 radical (unpaired) electrons. The molecule has 2 unspecified atom stereocenters. The molecular weight excluding hydrogens is 298 g/mol. The number of nitrogens with one attached hydrogen (secondary N) is 1. The number of thioether (sulfide) groups is 1.